The summed E-state index contributed by atoms with van der Waals surface area (Å²) < 4.78 is 10.8. The second kappa shape index (κ2) is 5.65. The molecule has 3 rings (SSSR count). The number of esters is 2. The van der Waals surface area contributed by atoms with Crippen LogP contribution in [0.15, 0.2) is 24.3 Å². The summed E-state index contributed by atoms with van der Waals surface area (Å²) in [5.74, 6) is -0.106. The van der Waals surface area contributed by atoms with Crippen molar-refractivity contribution in [3.8, 4) is 0 Å². The van der Waals surface area contributed by atoms with Crippen molar-refractivity contribution >= 4 is 11.9 Å². The summed E-state index contributed by atoms with van der Waals surface area (Å²) in [5.41, 5.74) is 0.822. The first-order chi connectivity index (χ1) is 9.74. The molecule has 20 heavy (non-hydrogen) atoms. The summed E-state index contributed by atoms with van der Waals surface area (Å²) in [6.07, 6.45) is 4.38. The van der Waals surface area contributed by atoms with Gasteiger partial charge >= 0.3 is 11.9 Å². The van der Waals surface area contributed by atoms with Crippen LogP contribution >= 0.6 is 0 Å². The molecule has 1 fully saturated rings. The minimum Gasteiger partial charge on any atom is -0.462 e. The molecule has 0 saturated heterocycles. The lowest BCUT2D eigenvalue weighted by Gasteiger charge is -2.30. The van der Waals surface area contributed by atoms with E-state index in [1.165, 1.54) is 0 Å². The number of carbonyl (C=O) groups excluding carboxylic acids is 2. The molecular weight excluding hydrogens is 256 g/mol. The van der Waals surface area contributed by atoms with E-state index in [4.69, 9.17) is 9.47 Å². The normalized spacial score (nSPS) is 26.8. The fourth-order valence-electron chi connectivity index (χ4n) is 3.03. The first-order valence-electron chi connectivity index (χ1n) is 7.18. The predicted octanol–water partition coefficient (Wildman–Crippen LogP) is 2.82. The van der Waals surface area contributed by atoms with Crippen LogP contribution in [0.5, 0.6) is 0 Å². The van der Waals surface area contributed by atoms with E-state index in [0.29, 0.717) is 36.2 Å². The molecule has 4 heteroatoms. The first kappa shape index (κ1) is 13.2. The van der Waals surface area contributed by atoms with Gasteiger partial charge in [-0.15, -0.1) is 0 Å². The van der Waals surface area contributed by atoms with Crippen LogP contribution in [0.1, 0.15) is 46.4 Å². The highest BCUT2D eigenvalue weighted by Gasteiger charge is 2.28. The van der Waals surface area contributed by atoms with Crippen molar-refractivity contribution in [3.05, 3.63) is 35.4 Å². The number of fused-ring (bicyclic) bond motifs is 3. The van der Waals surface area contributed by atoms with Gasteiger partial charge in [-0.1, -0.05) is 18.9 Å². The minimum absolute atomic E-state index is 0.303. The van der Waals surface area contributed by atoms with Crippen LogP contribution in [0.3, 0.4) is 0 Å². The molecule has 106 valence electrons. The van der Waals surface area contributed by atoms with Crippen LogP contribution < -0.4 is 0 Å². The Morgan fingerprint density at radius 2 is 1.35 bits per heavy atom. The maximum absolute atomic E-state index is 12.0. The maximum atomic E-state index is 12.0. The fraction of sp³-hybridized carbons (Fsp3) is 0.500. The highest BCUT2D eigenvalue weighted by atomic mass is 16.5. The molecule has 2 aliphatic rings. The van der Waals surface area contributed by atoms with Crippen molar-refractivity contribution in [2.75, 3.05) is 13.2 Å². The number of hydrogen-bond acceptors (Lipinski definition) is 4. The van der Waals surface area contributed by atoms with Gasteiger partial charge in [-0.2, -0.15) is 0 Å². The van der Waals surface area contributed by atoms with E-state index in [9.17, 15) is 9.59 Å². The van der Waals surface area contributed by atoms with E-state index in [1.807, 2.05) is 0 Å². The van der Waals surface area contributed by atoms with Crippen molar-refractivity contribution in [1.82, 2.24) is 0 Å². The molecule has 0 radical (unpaired) electrons. The number of cyclic esters (lactones) is 2. The van der Waals surface area contributed by atoms with Gasteiger partial charge in [-0.05, 0) is 42.9 Å². The summed E-state index contributed by atoms with van der Waals surface area (Å²) in [4.78, 5) is 24.0. The topological polar surface area (TPSA) is 52.6 Å². The zero-order valence-corrected chi connectivity index (χ0v) is 11.3. The Labute approximate surface area is 118 Å². The van der Waals surface area contributed by atoms with Gasteiger partial charge in [0.2, 0.25) is 0 Å². The van der Waals surface area contributed by atoms with Gasteiger partial charge in [0.25, 0.3) is 0 Å². The van der Waals surface area contributed by atoms with Crippen molar-refractivity contribution in [3.63, 3.8) is 0 Å². The Hall–Kier alpha value is -1.84. The van der Waals surface area contributed by atoms with Gasteiger partial charge in [0.05, 0.1) is 24.3 Å². The average Bonchev–Trinajstić information content (AvgIpc) is 2.51. The zero-order chi connectivity index (χ0) is 13.9. The fourth-order valence-corrected chi connectivity index (χ4v) is 3.03. The molecule has 2 unspecified atom stereocenters. The number of benzene rings is 1. The molecular formula is C16H18O4. The monoisotopic (exact) mass is 274 g/mol. The molecule has 2 atom stereocenters. The zero-order valence-electron chi connectivity index (χ0n) is 11.3. The minimum atomic E-state index is -0.356. The Morgan fingerprint density at radius 3 is 1.85 bits per heavy atom. The van der Waals surface area contributed by atoms with Gasteiger partial charge in [0.1, 0.15) is 0 Å². The molecule has 1 aliphatic heterocycles. The maximum Gasteiger partial charge on any atom is 0.338 e. The number of rotatable bonds is 0. The summed E-state index contributed by atoms with van der Waals surface area (Å²) in [6.45, 7) is 0.844. The van der Waals surface area contributed by atoms with E-state index >= 15 is 0 Å². The molecule has 1 heterocycles. The third kappa shape index (κ3) is 2.69. The van der Waals surface area contributed by atoms with Gasteiger partial charge in [-0.25, -0.2) is 9.59 Å². The molecule has 1 aromatic rings. The van der Waals surface area contributed by atoms with Crippen molar-refractivity contribution in [1.29, 1.82) is 0 Å². The van der Waals surface area contributed by atoms with E-state index in [1.54, 1.807) is 24.3 Å². The van der Waals surface area contributed by atoms with Crippen LogP contribution in [0.25, 0.3) is 0 Å². The Kier molecular flexibility index (Phi) is 3.72. The first-order valence-corrected chi connectivity index (χ1v) is 7.18. The SMILES string of the molecule is O=C1OCC2CCCCC2COC(=O)c2cccc1c2. The summed E-state index contributed by atoms with van der Waals surface area (Å²) >= 11 is 0. The largest absolute Gasteiger partial charge is 0.462 e. The second-order valence-corrected chi connectivity index (χ2v) is 5.58. The van der Waals surface area contributed by atoms with E-state index < -0.39 is 0 Å². The van der Waals surface area contributed by atoms with Crippen molar-refractivity contribution < 1.29 is 19.1 Å². The average molecular weight is 274 g/mol. The van der Waals surface area contributed by atoms with Crippen molar-refractivity contribution in [2.24, 2.45) is 11.8 Å². The van der Waals surface area contributed by atoms with Crippen LogP contribution in [-0.2, 0) is 9.47 Å². The molecule has 0 aromatic heterocycles. The van der Waals surface area contributed by atoms with Gasteiger partial charge in [-0.3, -0.25) is 0 Å². The highest BCUT2D eigenvalue weighted by molar-refractivity contribution is 5.95. The summed E-state index contributed by atoms with van der Waals surface area (Å²) in [6, 6.07) is 6.54. The predicted molar refractivity (Wildman–Crippen MR) is 72.5 cm³/mol. The van der Waals surface area contributed by atoms with E-state index in [-0.39, 0.29) is 11.9 Å². The lowest BCUT2D eigenvalue weighted by atomic mass is 9.80. The number of hydrogen-bond donors (Lipinski definition) is 0. The number of ether oxygens (including phenoxy) is 2. The van der Waals surface area contributed by atoms with Crippen LogP contribution in [0, 0.1) is 11.8 Å². The van der Waals surface area contributed by atoms with Crippen molar-refractivity contribution in [2.45, 2.75) is 25.7 Å². The van der Waals surface area contributed by atoms with E-state index in [0.717, 1.165) is 25.7 Å². The molecule has 0 spiro atoms. The Balaban J connectivity index is 1.86. The van der Waals surface area contributed by atoms with Crippen LogP contribution in [0.4, 0.5) is 0 Å². The quantitative estimate of drug-likeness (QED) is 0.683. The van der Waals surface area contributed by atoms with Crippen LogP contribution in [-0.4, -0.2) is 25.2 Å². The number of carbonyl (C=O) groups is 2. The molecule has 2 bridgehead atoms. The third-order valence-electron chi connectivity index (χ3n) is 4.26. The summed E-state index contributed by atoms with van der Waals surface area (Å²) in [5, 5.41) is 0. The smallest absolute Gasteiger partial charge is 0.338 e. The Morgan fingerprint density at radius 1 is 0.850 bits per heavy atom. The lowest BCUT2D eigenvalue weighted by Crippen LogP contribution is -2.29. The van der Waals surface area contributed by atoms with Crippen LogP contribution in [0.2, 0.25) is 0 Å². The second-order valence-electron chi connectivity index (χ2n) is 5.58. The molecule has 0 amide bonds. The standard InChI is InChI=1S/C16H18O4/c17-15-11-6-3-7-12(8-11)16(18)20-10-14-5-2-1-4-13(14)9-19-15/h3,6-8,13-14H,1-2,4-5,9-10H2. The molecule has 0 N–H and O–H groups in total. The van der Waals surface area contributed by atoms with Gasteiger partial charge in [0, 0.05) is 0 Å². The van der Waals surface area contributed by atoms with Gasteiger partial charge < -0.3 is 9.47 Å². The lowest BCUT2D eigenvalue weighted by molar-refractivity contribution is 0.0148. The Bertz CT molecular complexity index is 480. The molecule has 1 aliphatic carbocycles. The molecule has 4 nitrogen and oxygen atoms in total. The summed E-state index contributed by atoms with van der Waals surface area (Å²) in [7, 11) is 0. The highest BCUT2D eigenvalue weighted by Crippen LogP contribution is 2.31. The molecule has 1 aromatic carbocycles. The van der Waals surface area contributed by atoms with E-state index in [2.05, 4.69) is 0 Å². The van der Waals surface area contributed by atoms with Gasteiger partial charge in [0.15, 0.2) is 0 Å². The molecule has 1 saturated carbocycles. The third-order valence-corrected chi connectivity index (χ3v) is 4.26.